The summed E-state index contributed by atoms with van der Waals surface area (Å²) in [6.45, 7) is 2.74. The van der Waals surface area contributed by atoms with Gasteiger partial charge in [0.25, 0.3) is 0 Å². The Labute approximate surface area is 156 Å². The molecule has 136 valence electrons. The van der Waals surface area contributed by atoms with Gasteiger partial charge in [0.1, 0.15) is 11.8 Å². The number of benzene rings is 2. The molecule has 0 spiro atoms. The lowest BCUT2D eigenvalue weighted by Crippen LogP contribution is -2.44. The highest BCUT2D eigenvalue weighted by molar-refractivity contribution is 6.34. The summed E-state index contributed by atoms with van der Waals surface area (Å²) in [5.41, 5.74) is 1.57. The van der Waals surface area contributed by atoms with Crippen LogP contribution >= 0.6 is 11.6 Å². The number of amides is 2. The second-order valence-corrected chi connectivity index (χ2v) is 6.27. The molecule has 2 rings (SSSR count). The third-order valence-corrected chi connectivity index (χ3v) is 4.00. The molecule has 3 N–H and O–H groups in total. The number of rotatable bonds is 6. The molecular formula is C19H19ClN2O4. The summed E-state index contributed by atoms with van der Waals surface area (Å²) in [6, 6.07) is 10.2. The van der Waals surface area contributed by atoms with E-state index in [2.05, 4.69) is 10.6 Å². The van der Waals surface area contributed by atoms with E-state index in [1.807, 2.05) is 0 Å². The largest absolute Gasteiger partial charge is 0.508 e. The molecule has 2 aromatic rings. The fraction of sp³-hybridized carbons (Fsp3) is 0.211. The number of nitrogens with one attached hydrogen (secondary N) is 2. The standard InChI is InChI=1S/C19H19ClN2O4/c1-11(23)16-8-5-14(10-17(16)20)22-19(26)18(21-12(2)24)9-13-3-6-15(25)7-4-13/h3-8,10,18,25H,9H2,1-2H3,(H,21,24)(H,22,26)/t18-/m1/s1. The topological polar surface area (TPSA) is 95.5 Å². The Hall–Kier alpha value is -2.86. The fourth-order valence-corrected chi connectivity index (χ4v) is 2.74. The molecule has 2 amide bonds. The number of phenolic OH excluding ortho intramolecular Hbond substituents is 1. The number of ketones is 1. The molecule has 0 aliphatic heterocycles. The molecule has 0 aliphatic carbocycles. The second-order valence-electron chi connectivity index (χ2n) is 5.86. The molecule has 0 heterocycles. The smallest absolute Gasteiger partial charge is 0.247 e. The fourth-order valence-electron chi connectivity index (χ4n) is 2.43. The number of aromatic hydroxyl groups is 1. The minimum Gasteiger partial charge on any atom is -0.508 e. The van der Waals surface area contributed by atoms with Crippen molar-refractivity contribution in [2.75, 3.05) is 5.32 Å². The van der Waals surface area contributed by atoms with Crippen LogP contribution in [0, 0.1) is 0 Å². The third kappa shape index (κ3) is 5.32. The summed E-state index contributed by atoms with van der Waals surface area (Å²) in [4.78, 5) is 35.4. The van der Waals surface area contributed by atoms with Crippen molar-refractivity contribution < 1.29 is 19.5 Å². The van der Waals surface area contributed by atoms with Crippen molar-refractivity contribution >= 4 is 34.9 Å². The minimum atomic E-state index is -0.802. The van der Waals surface area contributed by atoms with Crippen LogP contribution in [0.4, 0.5) is 5.69 Å². The number of hydrogen-bond acceptors (Lipinski definition) is 4. The van der Waals surface area contributed by atoms with Gasteiger partial charge in [0.05, 0.1) is 5.02 Å². The number of Topliss-reactive ketones (excluding diaryl/α,β-unsaturated/α-hetero) is 1. The number of phenols is 1. The van der Waals surface area contributed by atoms with E-state index >= 15 is 0 Å². The van der Waals surface area contributed by atoms with Crippen LogP contribution in [-0.4, -0.2) is 28.7 Å². The quantitative estimate of drug-likeness (QED) is 0.677. The number of carbonyl (C=O) groups is 3. The molecule has 0 bridgehead atoms. The van der Waals surface area contributed by atoms with Crippen molar-refractivity contribution in [2.24, 2.45) is 0 Å². The van der Waals surface area contributed by atoms with Crippen molar-refractivity contribution in [2.45, 2.75) is 26.3 Å². The van der Waals surface area contributed by atoms with Crippen LogP contribution in [0.2, 0.25) is 5.02 Å². The average Bonchev–Trinajstić information content (AvgIpc) is 2.55. The predicted octanol–water partition coefficient (Wildman–Crippen LogP) is 2.93. The number of hydrogen-bond donors (Lipinski definition) is 3. The zero-order valence-electron chi connectivity index (χ0n) is 14.4. The first kappa shape index (κ1) is 19.5. The predicted molar refractivity (Wildman–Crippen MR) is 99.5 cm³/mol. The summed E-state index contributed by atoms with van der Waals surface area (Å²) in [5.74, 6) is -0.806. The molecule has 7 heteroatoms. The van der Waals surface area contributed by atoms with Crippen LogP contribution in [-0.2, 0) is 16.0 Å². The molecular weight excluding hydrogens is 356 g/mol. The Bertz CT molecular complexity index is 834. The maximum absolute atomic E-state index is 12.6. The maximum atomic E-state index is 12.6. The molecule has 0 aromatic heterocycles. The van der Waals surface area contributed by atoms with Gasteiger partial charge < -0.3 is 15.7 Å². The molecule has 6 nitrogen and oxygen atoms in total. The van der Waals surface area contributed by atoms with Crippen LogP contribution in [0.3, 0.4) is 0 Å². The van der Waals surface area contributed by atoms with Gasteiger partial charge in [0.2, 0.25) is 11.8 Å². The van der Waals surface area contributed by atoms with Gasteiger partial charge in [0.15, 0.2) is 5.78 Å². The van der Waals surface area contributed by atoms with E-state index in [1.54, 1.807) is 18.2 Å². The first-order valence-electron chi connectivity index (χ1n) is 7.92. The minimum absolute atomic E-state index is 0.120. The van der Waals surface area contributed by atoms with Gasteiger partial charge in [-0.2, -0.15) is 0 Å². The number of carbonyl (C=O) groups excluding carboxylic acids is 3. The van der Waals surface area contributed by atoms with Crippen molar-refractivity contribution in [1.82, 2.24) is 5.32 Å². The number of anilines is 1. The van der Waals surface area contributed by atoms with Crippen molar-refractivity contribution in [1.29, 1.82) is 0 Å². The number of halogens is 1. The zero-order chi connectivity index (χ0) is 19.3. The van der Waals surface area contributed by atoms with Gasteiger partial charge in [-0.25, -0.2) is 0 Å². The summed E-state index contributed by atoms with van der Waals surface area (Å²) in [7, 11) is 0. The van der Waals surface area contributed by atoms with Gasteiger partial charge in [0, 0.05) is 24.6 Å². The average molecular weight is 375 g/mol. The van der Waals surface area contributed by atoms with Gasteiger partial charge in [-0.1, -0.05) is 23.7 Å². The lowest BCUT2D eigenvalue weighted by molar-refractivity contribution is -0.125. The Morgan fingerprint density at radius 2 is 1.73 bits per heavy atom. The highest BCUT2D eigenvalue weighted by atomic mass is 35.5. The first-order valence-corrected chi connectivity index (χ1v) is 8.30. The SMILES string of the molecule is CC(=O)N[C@H](Cc1ccc(O)cc1)C(=O)Nc1ccc(C(C)=O)c(Cl)c1. The van der Waals surface area contributed by atoms with Crippen molar-refractivity contribution in [3.05, 3.63) is 58.6 Å². The van der Waals surface area contributed by atoms with Crippen LogP contribution in [0.25, 0.3) is 0 Å². The van der Waals surface area contributed by atoms with Gasteiger partial charge in [-0.3, -0.25) is 14.4 Å². The van der Waals surface area contributed by atoms with E-state index < -0.39 is 11.9 Å². The Balaban J connectivity index is 2.15. The van der Waals surface area contributed by atoms with Gasteiger partial charge >= 0.3 is 0 Å². The lowest BCUT2D eigenvalue weighted by atomic mass is 10.0. The van der Waals surface area contributed by atoms with E-state index in [0.717, 1.165) is 5.56 Å². The van der Waals surface area contributed by atoms with Crippen molar-refractivity contribution in [3.63, 3.8) is 0 Å². The van der Waals surface area contributed by atoms with E-state index in [9.17, 15) is 19.5 Å². The van der Waals surface area contributed by atoms with E-state index in [0.29, 0.717) is 11.3 Å². The molecule has 0 unspecified atom stereocenters. The lowest BCUT2D eigenvalue weighted by Gasteiger charge is -2.18. The van der Waals surface area contributed by atoms with Crippen LogP contribution in [0.15, 0.2) is 42.5 Å². The summed E-state index contributed by atoms with van der Waals surface area (Å²) >= 11 is 6.05. The highest BCUT2D eigenvalue weighted by Gasteiger charge is 2.20. The maximum Gasteiger partial charge on any atom is 0.247 e. The molecule has 0 fully saturated rings. The summed E-state index contributed by atoms with van der Waals surface area (Å²) in [6.07, 6.45) is 0.255. The summed E-state index contributed by atoms with van der Waals surface area (Å²) in [5, 5.41) is 14.9. The van der Waals surface area contributed by atoms with Crippen LogP contribution in [0.5, 0.6) is 5.75 Å². The molecule has 26 heavy (non-hydrogen) atoms. The molecule has 0 aliphatic rings. The zero-order valence-corrected chi connectivity index (χ0v) is 15.1. The van der Waals surface area contributed by atoms with Gasteiger partial charge in [-0.05, 0) is 42.8 Å². The third-order valence-electron chi connectivity index (χ3n) is 3.69. The monoisotopic (exact) mass is 374 g/mol. The van der Waals surface area contributed by atoms with E-state index in [-0.39, 0.29) is 28.9 Å². The molecule has 0 saturated carbocycles. The van der Waals surface area contributed by atoms with Crippen LogP contribution < -0.4 is 10.6 Å². The highest BCUT2D eigenvalue weighted by Crippen LogP contribution is 2.22. The van der Waals surface area contributed by atoms with Crippen LogP contribution in [0.1, 0.15) is 29.8 Å². The molecule has 2 aromatic carbocycles. The Kier molecular flexibility index (Phi) is 6.36. The molecule has 1 atom stereocenters. The molecule has 0 saturated heterocycles. The van der Waals surface area contributed by atoms with Crippen molar-refractivity contribution in [3.8, 4) is 5.75 Å². The summed E-state index contributed by atoms with van der Waals surface area (Å²) < 4.78 is 0. The normalized spacial score (nSPS) is 11.5. The Morgan fingerprint density at radius 1 is 1.08 bits per heavy atom. The Morgan fingerprint density at radius 3 is 2.27 bits per heavy atom. The first-order chi connectivity index (χ1) is 12.3. The van der Waals surface area contributed by atoms with E-state index in [4.69, 9.17) is 11.6 Å². The van der Waals surface area contributed by atoms with Gasteiger partial charge in [-0.15, -0.1) is 0 Å². The molecule has 0 radical (unpaired) electrons. The van der Waals surface area contributed by atoms with E-state index in [1.165, 1.54) is 38.1 Å². The second kappa shape index (κ2) is 8.49.